The summed E-state index contributed by atoms with van der Waals surface area (Å²) in [7, 11) is -3.76. The molecule has 0 unspecified atom stereocenters. The molecule has 0 saturated heterocycles. The van der Waals surface area contributed by atoms with Gasteiger partial charge in [-0.25, -0.2) is 8.42 Å². The van der Waals surface area contributed by atoms with Crippen LogP contribution in [0.2, 0.25) is 0 Å². The van der Waals surface area contributed by atoms with Gasteiger partial charge in [0.1, 0.15) is 5.75 Å². The number of nitrogens with one attached hydrogen (secondary N) is 1. The predicted molar refractivity (Wildman–Crippen MR) is 103 cm³/mol. The molecule has 0 aliphatic rings. The highest BCUT2D eigenvalue weighted by molar-refractivity contribution is 9.10. The van der Waals surface area contributed by atoms with Crippen LogP contribution in [-0.2, 0) is 10.0 Å². The van der Waals surface area contributed by atoms with Gasteiger partial charge in [-0.2, -0.15) is 0 Å². The van der Waals surface area contributed by atoms with Crippen LogP contribution in [0.5, 0.6) is 5.75 Å². The van der Waals surface area contributed by atoms with Crippen LogP contribution < -0.4 is 4.72 Å². The lowest BCUT2D eigenvalue weighted by molar-refractivity contribution is 0.477. The molecule has 0 heterocycles. The summed E-state index contributed by atoms with van der Waals surface area (Å²) in [4.78, 5) is 0.178. The first-order chi connectivity index (χ1) is 11.9. The number of hydrogen-bond acceptors (Lipinski definition) is 3. The standard InChI is InChI=1S/C19H16BrNO3S/c1-13-9-11-14(12-10-13)25(23,24)21-19-16(6-4-7-17(19)20)15-5-2-3-8-18(15)22/h2-12,21-22H,1H3. The Morgan fingerprint density at radius 1 is 0.880 bits per heavy atom. The molecule has 128 valence electrons. The summed E-state index contributed by atoms with van der Waals surface area (Å²) in [5.74, 6) is 0.0800. The number of phenolic OH excluding ortho intramolecular Hbond substituents is 1. The van der Waals surface area contributed by atoms with Crippen LogP contribution in [0.25, 0.3) is 11.1 Å². The Labute approximate surface area is 155 Å². The maximum atomic E-state index is 12.7. The molecular formula is C19H16BrNO3S. The first-order valence-electron chi connectivity index (χ1n) is 7.55. The number of aromatic hydroxyl groups is 1. The molecule has 3 aromatic carbocycles. The van der Waals surface area contributed by atoms with Crippen molar-refractivity contribution in [2.45, 2.75) is 11.8 Å². The van der Waals surface area contributed by atoms with Gasteiger partial charge in [0, 0.05) is 15.6 Å². The van der Waals surface area contributed by atoms with E-state index in [2.05, 4.69) is 20.7 Å². The Bertz CT molecular complexity index is 1020. The van der Waals surface area contributed by atoms with Gasteiger partial charge in [-0.15, -0.1) is 0 Å². The number of benzene rings is 3. The van der Waals surface area contributed by atoms with Crippen LogP contribution >= 0.6 is 15.9 Å². The van der Waals surface area contributed by atoms with E-state index in [4.69, 9.17) is 0 Å². The average molecular weight is 418 g/mol. The van der Waals surface area contributed by atoms with Crippen LogP contribution in [0.3, 0.4) is 0 Å². The zero-order valence-electron chi connectivity index (χ0n) is 13.4. The number of rotatable bonds is 4. The molecular weight excluding hydrogens is 402 g/mol. The maximum Gasteiger partial charge on any atom is 0.261 e. The molecule has 3 rings (SSSR count). The van der Waals surface area contributed by atoms with Crippen LogP contribution in [0, 0.1) is 6.92 Å². The molecule has 0 atom stereocenters. The number of sulfonamides is 1. The molecule has 0 bridgehead atoms. The van der Waals surface area contributed by atoms with Crippen molar-refractivity contribution in [1.82, 2.24) is 0 Å². The smallest absolute Gasteiger partial charge is 0.261 e. The van der Waals surface area contributed by atoms with Gasteiger partial charge in [-0.05, 0) is 47.1 Å². The Morgan fingerprint density at radius 2 is 1.52 bits per heavy atom. The summed E-state index contributed by atoms with van der Waals surface area (Å²) < 4.78 is 28.7. The molecule has 3 aromatic rings. The summed E-state index contributed by atoms with van der Waals surface area (Å²) >= 11 is 3.40. The lowest BCUT2D eigenvalue weighted by Crippen LogP contribution is -2.14. The molecule has 0 aliphatic carbocycles. The molecule has 0 spiro atoms. The van der Waals surface area contributed by atoms with Gasteiger partial charge in [0.25, 0.3) is 10.0 Å². The van der Waals surface area contributed by atoms with Crippen molar-refractivity contribution in [1.29, 1.82) is 0 Å². The minimum Gasteiger partial charge on any atom is -0.507 e. The van der Waals surface area contributed by atoms with E-state index in [-0.39, 0.29) is 10.6 Å². The summed E-state index contributed by atoms with van der Waals surface area (Å²) in [6.45, 7) is 1.90. The van der Waals surface area contributed by atoms with E-state index in [1.54, 1.807) is 66.7 Å². The Kier molecular flexibility index (Phi) is 4.83. The summed E-state index contributed by atoms with van der Waals surface area (Å²) in [5, 5.41) is 10.1. The van der Waals surface area contributed by atoms with E-state index in [1.165, 1.54) is 0 Å². The van der Waals surface area contributed by atoms with E-state index in [1.807, 2.05) is 6.92 Å². The number of hydrogen-bond donors (Lipinski definition) is 2. The molecule has 25 heavy (non-hydrogen) atoms. The van der Waals surface area contributed by atoms with Crippen molar-refractivity contribution in [3.05, 3.63) is 76.8 Å². The number of halogens is 1. The number of para-hydroxylation sites is 2. The lowest BCUT2D eigenvalue weighted by Gasteiger charge is -2.15. The van der Waals surface area contributed by atoms with Gasteiger partial charge in [0.15, 0.2) is 0 Å². The normalized spacial score (nSPS) is 11.3. The average Bonchev–Trinajstić information content (AvgIpc) is 2.58. The largest absolute Gasteiger partial charge is 0.507 e. The fourth-order valence-electron chi connectivity index (χ4n) is 2.46. The van der Waals surface area contributed by atoms with Crippen molar-refractivity contribution >= 4 is 31.6 Å². The van der Waals surface area contributed by atoms with Gasteiger partial charge in [0.2, 0.25) is 0 Å². The third-order valence-corrected chi connectivity index (χ3v) is 5.80. The third kappa shape index (κ3) is 3.70. The number of phenols is 1. The molecule has 0 radical (unpaired) electrons. The minimum atomic E-state index is -3.76. The summed E-state index contributed by atoms with van der Waals surface area (Å²) in [6.07, 6.45) is 0. The topological polar surface area (TPSA) is 66.4 Å². The molecule has 0 aromatic heterocycles. The molecule has 2 N–H and O–H groups in total. The quantitative estimate of drug-likeness (QED) is 0.632. The minimum absolute atomic E-state index is 0.0800. The third-order valence-electron chi connectivity index (χ3n) is 3.78. The second-order valence-electron chi connectivity index (χ2n) is 5.60. The van der Waals surface area contributed by atoms with Crippen LogP contribution in [0.4, 0.5) is 5.69 Å². The summed E-state index contributed by atoms with van der Waals surface area (Å²) in [6, 6.07) is 18.7. The summed E-state index contributed by atoms with van der Waals surface area (Å²) in [5.41, 5.74) is 2.49. The van der Waals surface area contributed by atoms with Crippen molar-refractivity contribution in [3.63, 3.8) is 0 Å². The number of anilines is 1. The fraction of sp³-hybridized carbons (Fsp3) is 0.0526. The molecule has 0 fully saturated rings. The van der Waals surface area contributed by atoms with Crippen LogP contribution in [-0.4, -0.2) is 13.5 Å². The maximum absolute atomic E-state index is 12.7. The Morgan fingerprint density at radius 3 is 2.20 bits per heavy atom. The first-order valence-corrected chi connectivity index (χ1v) is 9.82. The highest BCUT2D eigenvalue weighted by Crippen LogP contribution is 2.39. The highest BCUT2D eigenvalue weighted by Gasteiger charge is 2.19. The van der Waals surface area contributed by atoms with E-state index < -0.39 is 10.0 Å². The zero-order chi connectivity index (χ0) is 18.0. The number of aryl methyl sites for hydroxylation is 1. The van der Waals surface area contributed by atoms with E-state index >= 15 is 0 Å². The van der Waals surface area contributed by atoms with Gasteiger partial charge in [-0.1, -0.05) is 48.0 Å². The van der Waals surface area contributed by atoms with Crippen molar-refractivity contribution in [2.24, 2.45) is 0 Å². The van der Waals surface area contributed by atoms with Gasteiger partial charge in [-0.3, -0.25) is 4.72 Å². The predicted octanol–water partition coefficient (Wildman–Crippen LogP) is 4.93. The first kappa shape index (κ1) is 17.5. The highest BCUT2D eigenvalue weighted by atomic mass is 79.9. The second kappa shape index (κ2) is 6.90. The van der Waals surface area contributed by atoms with E-state index in [0.717, 1.165) is 5.56 Å². The van der Waals surface area contributed by atoms with Gasteiger partial charge < -0.3 is 5.11 Å². The van der Waals surface area contributed by atoms with Crippen LogP contribution in [0.1, 0.15) is 5.56 Å². The second-order valence-corrected chi connectivity index (χ2v) is 8.13. The lowest BCUT2D eigenvalue weighted by atomic mass is 10.0. The van der Waals surface area contributed by atoms with Crippen LogP contribution in [0.15, 0.2) is 76.1 Å². The van der Waals surface area contributed by atoms with Crippen molar-refractivity contribution in [3.8, 4) is 16.9 Å². The molecule has 6 heteroatoms. The molecule has 0 amide bonds. The molecule has 0 aliphatic heterocycles. The van der Waals surface area contributed by atoms with E-state index in [9.17, 15) is 13.5 Å². The Hall–Kier alpha value is -2.31. The monoisotopic (exact) mass is 417 g/mol. The SMILES string of the molecule is Cc1ccc(S(=O)(=O)Nc2c(Br)cccc2-c2ccccc2O)cc1. The van der Waals surface area contributed by atoms with Crippen molar-refractivity contribution < 1.29 is 13.5 Å². The van der Waals surface area contributed by atoms with Crippen molar-refractivity contribution in [2.75, 3.05) is 4.72 Å². The fourth-order valence-corrected chi connectivity index (χ4v) is 4.16. The van der Waals surface area contributed by atoms with Gasteiger partial charge in [0.05, 0.1) is 10.6 Å². The Balaban J connectivity index is 2.09. The van der Waals surface area contributed by atoms with Gasteiger partial charge >= 0.3 is 0 Å². The van der Waals surface area contributed by atoms with E-state index in [0.29, 0.717) is 21.3 Å². The zero-order valence-corrected chi connectivity index (χ0v) is 15.8. The molecule has 0 saturated carbocycles. The molecule has 4 nitrogen and oxygen atoms in total.